The summed E-state index contributed by atoms with van der Waals surface area (Å²) < 4.78 is 29.1. The molecule has 0 amide bonds. The summed E-state index contributed by atoms with van der Waals surface area (Å²) in [6, 6.07) is 10.1. The Morgan fingerprint density at radius 2 is 2.10 bits per heavy atom. The zero-order valence-corrected chi connectivity index (χ0v) is 12.1. The number of nitrogens with one attached hydrogen (secondary N) is 1. The molecule has 0 fully saturated rings. The summed E-state index contributed by atoms with van der Waals surface area (Å²) in [6.07, 6.45) is 0.0634. The maximum absolute atomic E-state index is 12.1. The molecule has 1 unspecified atom stereocenters. The highest BCUT2D eigenvalue weighted by molar-refractivity contribution is 5.78. The molecule has 0 saturated heterocycles. The van der Waals surface area contributed by atoms with Crippen molar-refractivity contribution in [2.24, 2.45) is 0 Å². The fraction of sp³-hybridized carbons (Fsp3) is 0.438. The maximum atomic E-state index is 12.1. The third kappa shape index (κ3) is 4.72. The molecule has 5 heteroatoms. The van der Waals surface area contributed by atoms with Crippen LogP contribution in [-0.4, -0.2) is 31.2 Å². The van der Waals surface area contributed by atoms with Crippen LogP contribution in [0.4, 0.5) is 8.78 Å². The van der Waals surface area contributed by atoms with E-state index in [1.54, 1.807) is 0 Å². The molecule has 0 saturated carbocycles. The second-order valence-electron chi connectivity index (χ2n) is 4.83. The lowest BCUT2D eigenvalue weighted by atomic mass is 10.0. The SMILES string of the molecule is CCNC(CCOCC(F)F)c1cnc2ccccc2c1. The van der Waals surface area contributed by atoms with E-state index in [0.29, 0.717) is 13.0 Å². The molecule has 0 radical (unpaired) electrons. The second-order valence-corrected chi connectivity index (χ2v) is 4.83. The second kappa shape index (κ2) is 8.00. The van der Waals surface area contributed by atoms with Gasteiger partial charge >= 0.3 is 0 Å². The monoisotopic (exact) mass is 294 g/mol. The third-order valence-electron chi connectivity index (χ3n) is 3.26. The fourth-order valence-electron chi connectivity index (χ4n) is 2.29. The lowest BCUT2D eigenvalue weighted by Gasteiger charge is -2.18. The van der Waals surface area contributed by atoms with Crippen LogP contribution in [0.1, 0.15) is 24.9 Å². The number of rotatable bonds is 8. The van der Waals surface area contributed by atoms with Gasteiger partial charge in [0.25, 0.3) is 6.43 Å². The van der Waals surface area contributed by atoms with Crippen molar-refractivity contribution in [3.05, 3.63) is 42.1 Å². The standard InChI is InChI=1S/C16H20F2N2O/c1-2-19-15(7-8-21-11-16(17)18)13-9-12-5-3-4-6-14(12)20-10-13/h3-6,9-10,15-16,19H,2,7-8,11H2,1H3. The van der Waals surface area contributed by atoms with Gasteiger partial charge in [-0.15, -0.1) is 0 Å². The number of pyridine rings is 1. The molecule has 114 valence electrons. The van der Waals surface area contributed by atoms with Crippen LogP contribution in [0.15, 0.2) is 36.5 Å². The van der Waals surface area contributed by atoms with Crippen LogP contribution in [0, 0.1) is 0 Å². The average Bonchev–Trinajstić information content (AvgIpc) is 2.49. The molecule has 2 aromatic rings. The number of ether oxygens (including phenoxy) is 1. The van der Waals surface area contributed by atoms with Crippen molar-refractivity contribution in [2.75, 3.05) is 19.8 Å². The highest BCUT2D eigenvalue weighted by atomic mass is 19.3. The third-order valence-corrected chi connectivity index (χ3v) is 3.26. The first-order valence-electron chi connectivity index (χ1n) is 7.14. The zero-order valence-electron chi connectivity index (χ0n) is 12.1. The largest absolute Gasteiger partial charge is 0.375 e. The molecule has 1 aromatic carbocycles. The minimum Gasteiger partial charge on any atom is -0.375 e. The van der Waals surface area contributed by atoms with Gasteiger partial charge in [0.1, 0.15) is 6.61 Å². The molecule has 0 spiro atoms. The molecule has 0 aliphatic carbocycles. The molecule has 1 aromatic heterocycles. The highest BCUT2D eigenvalue weighted by Crippen LogP contribution is 2.20. The van der Waals surface area contributed by atoms with E-state index < -0.39 is 13.0 Å². The molecule has 0 aliphatic rings. The molecular weight excluding hydrogens is 274 g/mol. The van der Waals surface area contributed by atoms with E-state index in [2.05, 4.69) is 16.4 Å². The first-order valence-corrected chi connectivity index (χ1v) is 7.14. The number of nitrogens with zero attached hydrogens (tertiary/aromatic N) is 1. The van der Waals surface area contributed by atoms with Crippen LogP contribution >= 0.6 is 0 Å². The van der Waals surface area contributed by atoms with Gasteiger partial charge < -0.3 is 10.1 Å². The molecule has 3 nitrogen and oxygen atoms in total. The van der Waals surface area contributed by atoms with Crippen LogP contribution in [0.3, 0.4) is 0 Å². The van der Waals surface area contributed by atoms with Gasteiger partial charge in [0.05, 0.1) is 5.52 Å². The maximum Gasteiger partial charge on any atom is 0.261 e. The van der Waals surface area contributed by atoms with Gasteiger partial charge in [0.15, 0.2) is 0 Å². The summed E-state index contributed by atoms with van der Waals surface area (Å²) in [5.74, 6) is 0. The summed E-state index contributed by atoms with van der Waals surface area (Å²) in [4.78, 5) is 4.44. The number of halogens is 2. The Labute approximate surface area is 123 Å². The van der Waals surface area contributed by atoms with Crippen molar-refractivity contribution >= 4 is 10.9 Å². The molecule has 1 heterocycles. The molecule has 0 aliphatic heterocycles. The number of para-hydroxylation sites is 1. The van der Waals surface area contributed by atoms with Gasteiger partial charge in [-0.1, -0.05) is 25.1 Å². The van der Waals surface area contributed by atoms with E-state index in [-0.39, 0.29) is 6.04 Å². The minimum atomic E-state index is -2.41. The number of alkyl halides is 2. The van der Waals surface area contributed by atoms with Crippen LogP contribution in [0.2, 0.25) is 0 Å². The molecule has 1 atom stereocenters. The van der Waals surface area contributed by atoms with Crippen molar-refractivity contribution in [1.29, 1.82) is 0 Å². The Morgan fingerprint density at radius 1 is 1.29 bits per heavy atom. The van der Waals surface area contributed by atoms with Gasteiger partial charge in [0, 0.05) is 24.2 Å². The van der Waals surface area contributed by atoms with Gasteiger partial charge in [-0.3, -0.25) is 4.98 Å². The topological polar surface area (TPSA) is 34.1 Å². The minimum absolute atomic E-state index is 0.0600. The van der Waals surface area contributed by atoms with E-state index >= 15 is 0 Å². The highest BCUT2D eigenvalue weighted by Gasteiger charge is 2.12. The fourth-order valence-corrected chi connectivity index (χ4v) is 2.29. The lowest BCUT2D eigenvalue weighted by molar-refractivity contribution is 0.0144. The number of fused-ring (bicyclic) bond motifs is 1. The average molecular weight is 294 g/mol. The number of hydrogen-bond acceptors (Lipinski definition) is 3. The smallest absolute Gasteiger partial charge is 0.261 e. The first-order chi connectivity index (χ1) is 10.2. The van der Waals surface area contributed by atoms with Crippen molar-refractivity contribution in [3.63, 3.8) is 0 Å². The molecular formula is C16H20F2N2O. The number of benzene rings is 1. The van der Waals surface area contributed by atoms with Gasteiger partial charge in [0.2, 0.25) is 0 Å². The Morgan fingerprint density at radius 3 is 2.86 bits per heavy atom. The van der Waals surface area contributed by atoms with Gasteiger partial charge in [-0.2, -0.15) is 0 Å². The quantitative estimate of drug-likeness (QED) is 0.756. The van der Waals surface area contributed by atoms with Crippen LogP contribution in [-0.2, 0) is 4.74 Å². The first kappa shape index (κ1) is 15.8. The summed E-state index contributed by atoms with van der Waals surface area (Å²) >= 11 is 0. The summed E-state index contributed by atoms with van der Waals surface area (Å²) in [5.41, 5.74) is 2.00. The van der Waals surface area contributed by atoms with E-state index in [0.717, 1.165) is 23.0 Å². The van der Waals surface area contributed by atoms with E-state index in [4.69, 9.17) is 4.74 Å². The van der Waals surface area contributed by atoms with Crippen LogP contribution < -0.4 is 5.32 Å². The van der Waals surface area contributed by atoms with E-state index in [9.17, 15) is 8.78 Å². The Kier molecular flexibility index (Phi) is 6.02. The Hall–Kier alpha value is -1.59. The molecule has 21 heavy (non-hydrogen) atoms. The molecule has 1 N–H and O–H groups in total. The lowest BCUT2D eigenvalue weighted by Crippen LogP contribution is -2.23. The van der Waals surface area contributed by atoms with Gasteiger partial charge in [-0.25, -0.2) is 8.78 Å². The van der Waals surface area contributed by atoms with Crippen LogP contribution in [0.5, 0.6) is 0 Å². The van der Waals surface area contributed by atoms with E-state index in [1.807, 2.05) is 37.4 Å². The summed E-state index contributed by atoms with van der Waals surface area (Å²) in [6.45, 7) is 2.61. The van der Waals surface area contributed by atoms with Crippen molar-refractivity contribution < 1.29 is 13.5 Å². The molecule has 0 bridgehead atoms. The van der Waals surface area contributed by atoms with Gasteiger partial charge in [-0.05, 0) is 30.7 Å². The zero-order chi connectivity index (χ0) is 15.1. The van der Waals surface area contributed by atoms with Crippen molar-refractivity contribution in [1.82, 2.24) is 10.3 Å². The van der Waals surface area contributed by atoms with Crippen LogP contribution in [0.25, 0.3) is 10.9 Å². The van der Waals surface area contributed by atoms with Crippen molar-refractivity contribution in [2.45, 2.75) is 25.8 Å². The molecule has 2 rings (SSSR count). The normalized spacial score (nSPS) is 13.0. The number of aromatic nitrogens is 1. The summed E-state index contributed by atoms with van der Waals surface area (Å²) in [5, 5.41) is 4.42. The predicted molar refractivity (Wildman–Crippen MR) is 79.6 cm³/mol. The predicted octanol–water partition coefficient (Wildman–Crippen LogP) is 3.56. The van der Waals surface area contributed by atoms with Crippen molar-refractivity contribution in [3.8, 4) is 0 Å². The number of hydrogen-bond donors (Lipinski definition) is 1. The summed E-state index contributed by atoms with van der Waals surface area (Å²) in [7, 11) is 0. The Balaban J connectivity index is 2.04. The van der Waals surface area contributed by atoms with E-state index in [1.165, 1.54) is 0 Å². The Bertz CT molecular complexity index is 563.